The Labute approximate surface area is 106 Å². The predicted octanol–water partition coefficient (Wildman–Crippen LogP) is 0.579. The lowest BCUT2D eigenvalue weighted by Gasteiger charge is -2.23. The van der Waals surface area contributed by atoms with E-state index in [0.717, 1.165) is 5.69 Å². The second-order valence-corrected chi connectivity index (χ2v) is 3.96. The molecule has 1 rings (SSSR count). The Hall–Kier alpha value is -2.08. The quantitative estimate of drug-likeness (QED) is 0.435. The average molecular weight is 250 g/mol. The standard InChI is InChI=1S/C12H18N4O2/c13-10(11(17)18)7-4-8-16(12(14)15)9-5-2-1-3-6-9/h1-3,5-6,10H,4,7-8,13H2,(H3,14,15)(H,17,18)/t10-/m0/s1. The largest absolute Gasteiger partial charge is 0.480 e. The van der Waals surface area contributed by atoms with Crippen molar-refractivity contribution in [1.82, 2.24) is 0 Å². The molecule has 0 amide bonds. The summed E-state index contributed by atoms with van der Waals surface area (Å²) >= 11 is 0. The van der Waals surface area contributed by atoms with Gasteiger partial charge in [0.15, 0.2) is 5.96 Å². The summed E-state index contributed by atoms with van der Waals surface area (Å²) in [6.45, 7) is 0.473. The fourth-order valence-electron chi connectivity index (χ4n) is 1.59. The third kappa shape index (κ3) is 4.06. The first-order valence-electron chi connectivity index (χ1n) is 5.67. The van der Waals surface area contributed by atoms with Gasteiger partial charge in [0.25, 0.3) is 0 Å². The van der Waals surface area contributed by atoms with Crippen LogP contribution in [0.5, 0.6) is 0 Å². The van der Waals surface area contributed by atoms with E-state index in [2.05, 4.69) is 0 Å². The highest BCUT2D eigenvalue weighted by Crippen LogP contribution is 2.13. The Balaban J connectivity index is 2.55. The molecule has 0 radical (unpaired) electrons. The lowest BCUT2D eigenvalue weighted by Crippen LogP contribution is -2.38. The molecule has 6 heteroatoms. The molecular weight excluding hydrogens is 232 g/mol. The molecule has 0 fully saturated rings. The maximum Gasteiger partial charge on any atom is 0.320 e. The molecule has 18 heavy (non-hydrogen) atoms. The molecule has 0 aliphatic heterocycles. The zero-order valence-electron chi connectivity index (χ0n) is 10.0. The highest BCUT2D eigenvalue weighted by Gasteiger charge is 2.13. The van der Waals surface area contributed by atoms with Gasteiger partial charge >= 0.3 is 5.97 Å². The summed E-state index contributed by atoms with van der Waals surface area (Å²) in [6.07, 6.45) is 0.911. The SMILES string of the molecule is N=C(N)N(CCC[C@H](N)C(=O)O)c1ccccc1. The minimum Gasteiger partial charge on any atom is -0.480 e. The van der Waals surface area contributed by atoms with E-state index in [1.807, 2.05) is 30.3 Å². The summed E-state index contributed by atoms with van der Waals surface area (Å²) in [5.41, 5.74) is 11.7. The lowest BCUT2D eigenvalue weighted by atomic mass is 10.1. The van der Waals surface area contributed by atoms with Gasteiger partial charge in [-0.1, -0.05) is 18.2 Å². The van der Waals surface area contributed by atoms with Crippen molar-refractivity contribution in [2.45, 2.75) is 18.9 Å². The number of nitrogens with one attached hydrogen (secondary N) is 1. The van der Waals surface area contributed by atoms with Crippen molar-refractivity contribution in [2.75, 3.05) is 11.4 Å². The van der Waals surface area contributed by atoms with Crippen LogP contribution in [-0.4, -0.2) is 29.6 Å². The molecule has 0 spiro atoms. The van der Waals surface area contributed by atoms with Gasteiger partial charge in [0, 0.05) is 12.2 Å². The lowest BCUT2D eigenvalue weighted by molar-refractivity contribution is -0.138. The zero-order chi connectivity index (χ0) is 13.5. The highest BCUT2D eigenvalue weighted by molar-refractivity contribution is 5.92. The molecule has 0 saturated carbocycles. The van der Waals surface area contributed by atoms with Gasteiger partial charge in [0.2, 0.25) is 0 Å². The molecule has 0 aliphatic carbocycles. The number of anilines is 1. The molecule has 0 heterocycles. The summed E-state index contributed by atoms with van der Waals surface area (Å²) in [7, 11) is 0. The Kier molecular flexibility index (Phi) is 5.13. The average Bonchev–Trinajstić information content (AvgIpc) is 2.34. The van der Waals surface area contributed by atoms with Crippen LogP contribution < -0.4 is 16.4 Å². The molecule has 0 aliphatic rings. The maximum atomic E-state index is 10.6. The molecule has 1 aromatic rings. The number of para-hydroxylation sites is 1. The normalized spacial score (nSPS) is 11.8. The second kappa shape index (κ2) is 6.61. The number of rotatable bonds is 6. The van der Waals surface area contributed by atoms with Crippen LogP contribution in [-0.2, 0) is 4.79 Å². The van der Waals surface area contributed by atoms with Crippen molar-refractivity contribution in [1.29, 1.82) is 5.41 Å². The van der Waals surface area contributed by atoms with Gasteiger partial charge in [-0.25, -0.2) is 0 Å². The molecule has 0 bridgehead atoms. The van der Waals surface area contributed by atoms with E-state index >= 15 is 0 Å². The molecule has 1 atom stereocenters. The topological polar surface area (TPSA) is 116 Å². The molecular formula is C12H18N4O2. The predicted molar refractivity (Wildman–Crippen MR) is 70.5 cm³/mol. The van der Waals surface area contributed by atoms with E-state index < -0.39 is 12.0 Å². The number of carbonyl (C=O) groups is 1. The molecule has 6 nitrogen and oxygen atoms in total. The summed E-state index contributed by atoms with van der Waals surface area (Å²) in [4.78, 5) is 12.2. The van der Waals surface area contributed by atoms with Gasteiger partial charge in [0.05, 0.1) is 0 Å². The van der Waals surface area contributed by atoms with Crippen LogP contribution in [0.4, 0.5) is 5.69 Å². The van der Waals surface area contributed by atoms with Gasteiger partial charge < -0.3 is 21.5 Å². The molecule has 0 unspecified atom stereocenters. The number of nitrogens with zero attached hydrogens (tertiary/aromatic N) is 1. The Bertz CT molecular complexity index is 408. The first-order chi connectivity index (χ1) is 8.52. The number of nitrogens with two attached hydrogens (primary N) is 2. The van der Waals surface area contributed by atoms with Crippen LogP contribution in [0.15, 0.2) is 30.3 Å². The van der Waals surface area contributed by atoms with Crippen molar-refractivity contribution in [3.63, 3.8) is 0 Å². The number of hydrogen-bond acceptors (Lipinski definition) is 3. The molecule has 0 aromatic heterocycles. The van der Waals surface area contributed by atoms with E-state index in [1.165, 1.54) is 0 Å². The van der Waals surface area contributed by atoms with Crippen LogP contribution in [0.1, 0.15) is 12.8 Å². The van der Waals surface area contributed by atoms with Crippen LogP contribution in [0.25, 0.3) is 0 Å². The summed E-state index contributed by atoms with van der Waals surface area (Å²) in [6, 6.07) is 8.41. The summed E-state index contributed by atoms with van der Waals surface area (Å²) < 4.78 is 0. The van der Waals surface area contributed by atoms with E-state index in [-0.39, 0.29) is 5.96 Å². The van der Waals surface area contributed by atoms with Crippen LogP contribution in [0, 0.1) is 5.41 Å². The number of hydrogen-bond donors (Lipinski definition) is 4. The first-order valence-corrected chi connectivity index (χ1v) is 5.67. The minimum absolute atomic E-state index is 0.0647. The van der Waals surface area contributed by atoms with Crippen LogP contribution >= 0.6 is 0 Å². The Morgan fingerprint density at radius 2 is 2.00 bits per heavy atom. The minimum atomic E-state index is -1.01. The van der Waals surface area contributed by atoms with Crippen molar-refractivity contribution in [3.05, 3.63) is 30.3 Å². The molecule has 0 saturated heterocycles. The van der Waals surface area contributed by atoms with E-state index in [0.29, 0.717) is 19.4 Å². The van der Waals surface area contributed by atoms with Crippen LogP contribution in [0.3, 0.4) is 0 Å². The first kappa shape index (κ1) is 14.0. The second-order valence-electron chi connectivity index (χ2n) is 3.96. The summed E-state index contributed by atoms with van der Waals surface area (Å²) in [5.74, 6) is -1.07. The fraction of sp³-hybridized carbons (Fsp3) is 0.333. The number of carboxylic acid groups (broad SMARTS) is 1. The van der Waals surface area contributed by atoms with Gasteiger partial charge in [-0.15, -0.1) is 0 Å². The third-order valence-electron chi connectivity index (χ3n) is 2.57. The van der Waals surface area contributed by atoms with Crippen molar-refractivity contribution in [3.8, 4) is 0 Å². The van der Waals surface area contributed by atoms with E-state index in [1.54, 1.807) is 4.90 Å². The van der Waals surface area contributed by atoms with Crippen molar-refractivity contribution >= 4 is 17.6 Å². The molecule has 98 valence electrons. The molecule has 1 aromatic carbocycles. The summed E-state index contributed by atoms with van der Waals surface area (Å²) in [5, 5.41) is 16.2. The van der Waals surface area contributed by atoms with Gasteiger partial charge in [0.1, 0.15) is 6.04 Å². The smallest absolute Gasteiger partial charge is 0.320 e. The van der Waals surface area contributed by atoms with Crippen molar-refractivity contribution < 1.29 is 9.90 Å². The number of aliphatic carboxylic acids is 1. The third-order valence-corrected chi connectivity index (χ3v) is 2.57. The Morgan fingerprint density at radius 1 is 1.39 bits per heavy atom. The van der Waals surface area contributed by atoms with Gasteiger partial charge in [-0.3, -0.25) is 10.2 Å². The van der Waals surface area contributed by atoms with Crippen molar-refractivity contribution in [2.24, 2.45) is 11.5 Å². The van der Waals surface area contributed by atoms with Gasteiger partial charge in [-0.2, -0.15) is 0 Å². The van der Waals surface area contributed by atoms with Crippen LogP contribution in [0.2, 0.25) is 0 Å². The number of benzene rings is 1. The Morgan fingerprint density at radius 3 is 2.50 bits per heavy atom. The number of carboxylic acids is 1. The van der Waals surface area contributed by atoms with E-state index in [9.17, 15) is 4.79 Å². The highest BCUT2D eigenvalue weighted by atomic mass is 16.4. The molecule has 6 N–H and O–H groups in total. The fourth-order valence-corrected chi connectivity index (χ4v) is 1.59. The maximum absolute atomic E-state index is 10.6. The van der Waals surface area contributed by atoms with E-state index in [4.69, 9.17) is 22.0 Å². The number of guanidine groups is 1. The monoisotopic (exact) mass is 250 g/mol. The zero-order valence-corrected chi connectivity index (χ0v) is 10.0. The van der Waals surface area contributed by atoms with Gasteiger partial charge in [-0.05, 0) is 25.0 Å².